The zero-order valence-electron chi connectivity index (χ0n) is 19.4. The number of benzene rings is 2. The van der Waals surface area contributed by atoms with Crippen LogP contribution >= 0.6 is 0 Å². The van der Waals surface area contributed by atoms with Gasteiger partial charge in [0.15, 0.2) is 5.82 Å². The summed E-state index contributed by atoms with van der Waals surface area (Å²) in [6.45, 7) is 6.85. The molecule has 1 aromatic heterocycles. The molecule has 0 bridgehead atoms. The second-order valence-electron chi connectivity index (χ2n) is 8.61. The van der Waals surface area contributed by atoms with Gasteiger partial charge in [0.2, 0.25) is 11.8 Å². The van der Waals surface area contributed by atoms with E-state index in [-0.39, 0.29) is 23.8 Å². The van der Waals surface area contributed by atoms with E-state index in [1.807, 2.05) is 79.2 Å². The molecule has 2 N–H and O–H groups in total. The van der Waals surface area contributed by atoms with Crippen LogP contribution in [0.1, 0.15) is 44.0 Å². The number of amides is 2. The molecule has 2 amide bonds. The fourth-order valence-electron chi connectivity index (χ4n) is 4.39. The van der Waals surface area contributed by atoms with Gasteiger partial charge in [-0.1, -0.05) is 48.5 Å². The normalized spacial score (nSPS) is 15.2. The number of piperidine rings is 1. The summed E-state index contributed by atoms with van der Waals surface area (Å²) < 4.78 is 1.89. The summed E-state index contributed by atoms with van der Waals surface area (Å²) in [6, 6.07) is 19.9. The molecular formula is C26H31N5O2. The first kappa shape index (κ1) is 22.6. The van der Waals surface area contributed by atoms with E-state index < -0.39 is 0 Å². The Kier molecular flexibility index (Phi) is 6.77. The molecule has 1 aliphatic heterocycles. The van der Waals surface area contributed by atoms with Crippen LogP contribution in [0.2, 0.25) is 0 Å². The van der Waals surface area contributed by atoms with Gasteiger partial charge in [-0.25, -0.2) is 4.68 Å². The molecule has 0 spiro atoms. The Labute approximate surface area is 194 Å². The maximum Gasteiger partial charge on any atom is 0.223 e. The van der Waals surface area contributed by atoms with Crippen molar-refractivity contribution in [2.24, 2.45) is 5.92 Å². The standard InChI is InChI=1S/C26H31N5O2/c1-18(21-10-6-4-7-11-21)27-25(33)22-14-16-30(17-15-22)26-24(28-20(3)32)19(2)29-31(26)23-12-8-5-9-13-23/h4-13,18,22H,14-17H2,1-3H3,(H,27,33)(H,28,32)/t18-/m0/s1. The van der Waals surface area contributed by atoms with Crippen LogP contribution in [0, 0.1) is 12.8 Å². The number of rotatable bonds is 6. The van der Waals surface area contributed by atoms with Gasteiger partial charge in [0, 0.05) is 25.9 Å². The van der Waals surface area contributed by atoms with Crippen LogP contribution in [-0.2, 0) is 9.59 Å². The molecule has 1 fully saturated rings. The molecule has 172 valence electrons. The SMILES string of the molecule is CC(=O)Nc1c(C)nn(-c2ccccc2)c1N1CCC(C(=O)N[C@@H](C)c2ccccc2)CC1. The highest BCUT2D eigenvalue weighted by Crippen LogP contribution is 2.35. The third kappa shape index (κ3) is 5.08. The highest BCUT2D eigenvalue weighted by atomic mass is 16.2. The number of hydrogen-bond acceptors (Lipinski definition) is 4. The van der Waals surface area contributed by atoms with Crippen molar-refractivity contribution in [2.75, 3.05) is 23.3 Å². The Bertz CT molecular complexity index is 1100. The lowest BCUT2D eigenvalue weighted by molar-refractivity contribution is -0.126. The Balaban J connectivity index is 1.50. The third-order valence-electron chi connectivity index (χ3n) is 6.16. The average molecular weight is 446 g/mol. The van der Waals surface area contributed by atoms with Crippen LogP contribution in [0.5, 0.6) is 0 Å². The van der Waals surface area contributed by atoms with Gasteiger partial charge < -0.3 is 15.5 Å². The lowest BCUT2D eigenvalue weighted by Crippen LogP contribution is -2.42. The number of hydrogen-bond donors (Lipinski definition) is 2. The van der Waals surface area contributed by atoms with E-state index in [2.05, 4.69) is 15.5 Å². The second kappa shape index (κ2) is 9.90. The van der Waals surface area contributed by atoms with Crippen LogP contribution in [-0.4, -0.2) is 34.7 Å². The first-order valence-electron chi connectivity index (χ1n) is 11.5. The number of nitrogens with one attached hydrogen (secondary N) is 2. The number of aromatic nitrogens is 2. The number of nitrogens with zero attached hydrogens (tertiary/aromatic N) is 3. The first-order chi connectivity index (χ1) is 15.9. The fourth-order valence-corrected chi connectivity index (χ4v) is 4.39. The Morgan fingerprint density at radius 1 is 1.00 bits per heavy atom. The molecule has 2 heterocycles. The predicted octanol–water partition coefficient (Wildman–Crippen LogP) is 4.23. The van der Waals surface area contributed by atoms with Gasteiger partial charge in [-0.2, -0.15) is 5.10 Å². The molecule has 3 aromatic rings. The van der Waals surface area contributed by atoms with Crippen molar-refractivity contribution in [2.45, 2.75) is 39.7 Å². The topological polar surface area (TPSA) is 79.3 Å². The number of aryl methyl sites for hydroxylation is 1. The minimum atomic E-state index is -0.129. The summed E-state index contributed by atoms with van der Waals surface area (Å²) in [5.74, 6) is 0.799. The number of para-hydroxylation sites is 1. The van der Waals surface area contributed by atoms with Gasteiger partial charge in [-0.15, -0.1) is 0 Å². The Morgan fingerprint density at radius 2 is 1.61 bits per heavy atom. The van der Waals surface area contributed by atoms with E-state index in [0.29, 0.717) is 13.1 Å². The van der Waals surface area contributed by atoms with Gasteiger partial charge in [0.25, 0.3) is 0 Å². The maximum atomic E-state index is 12.9. The van der Waals surface area contributed by atoms with E-state index in [1.165, 1.54) is 6.92 Å². The summed E-state index contributed by atoms with van der Waals surface area (Å²) in [5, 5.41) is 10.8. The minimum Gasteiger partial charge on any atom is -0.355 e. The zero-order chi connectivity index (χ0) is 23.4. The van der Waals surface area contributed by atoms with Gasteiger partial charge in [-0.3, -0.25) is 9.59 Å². The third-order valence-corrected chi connectivity index (χ3v) is 6.16. The van der Waals surface area contributed by atoms with Gasteiger partial charge in [-0.05, 0) is 44.4 Å². The summed E-state index contributed by atoms with van der Waals surface area (Å²) in [4.78, 5) is 27.0. The molecule has 0 aliphatic carbocycles. The minimum absolute atomic E-state index is 0.0229. The quantitative estimate of drug-likeness (QED) is 0.595. The fraction of sp³-hybridized carbons (Fsp3) is 0.346. The van der Waals surface area contributed by atoms with Crippen molar-refractivity contribution < 1.29 is 9.59 Å². The van der Waals surface area contributed by atoms with Gasteiger partial charge in [0.1, 0.15) is 5.69 Å². The van der Waals surface area contributed by atoms with Crippen LogP contribution in [0.15, 0.2) is 60.7 Å². The monoisotopic (exact) mass is 445 g/mol. The summed E-state index contributed by atoms with van der Waals surface area (Å²) in [7, 11) is 0. The predicted molar refractivity (Wildman–Crippen MR) is 131 cm³/mol. The van der Waals surface area contributed by atoms with Crippen LogP contribution in [0.4, 0.5) is 11.5 Å². The highest BCUT2D eigenvalue weighted by Gasteiger charge is 2.30. The van der Waals surface area contributed by atoms with E-state index in [4.69, 9.17) is 5.10 Å². The molecule has 0 saturated carbocycles. The molecule has 1 aliphatic rings. The Morgan fingerprint density at radius 3 is 2.21 bits per heavy atom. The van der Waals surface area contributed by atoms with E-state index >= 15 is 0 Å². The molecule has 33 heavy (non-hydrogen) atoms. The summed E-state index contributed by atoms with van der Waals surface area (Å²) in [5.41, 5.74) is 3.53. The largest absolute Gasteiger partial charge is 0.355 e. The number of carbonyl (C=O) groups is 2. The number of carbonyl (C=O) groups excluding carboxylic acids is 2. The van der Waals surface area contributed by atoms with E-state index in [1.54, 1.807) is 0 Å². The molecule has 0 radical (unpaired) electrons. The molecular weight excluding hydrogens is 414 g/mol. The zero-order valence-corrected chi connectivity index (χ0v) is 19.4. The van der Waals surface area contributed by atoms with E-state index in [9.17, 15) is 9.59 Å². The lowest BCUT2D eigenvalue weighted by Gasteiger charge is -2.34. The van der Waals surface area contributed by atoms with Crippen molar-refractivity contribution >= 4 is 23.3 Å². The van der Waals surface area contributed by atoms with Gasteiger partial charge in [0.05, 0.1) is 17.4 Å². The van der Waals surface area contributed by atoms with Gasteiger partial charge >= 0.3 is 0 Å². The van der Waals surface area contributed by atoms with Crippen LogP contribution < -0.4 is 15.5 Å². The maximum absolute atomic E-state index is 12.9. The molecule has 4 rings (SSSR count). The molecule has 7 heteroatoms. The second-order valence-corrected chi connectivity index (χ2v) is 8.61. The summed E-state index contributed by atoms with van der Waals surface area (Å²) >= 11 is 0. The van der Waals surface area contributed by atoms with Crippen molar-refractivity contribution in [3.8, 4) is 5.69 Å². The average Bonchev–Trinajstić information content (AvgIpc) is 3.15. The lowest BCUT2D eigenvalue weighted by atomic mass is 9.95. The van der Waals surface area contributed by atoms with E-state index in [0.717, 1.165) is 41.3 Å². The van der Waals surface area contributed by atoms with Crippen LogP contribution in [0.25, 0.3) is 5.69 Å². The smallest absolute Gasteiger partial charge is 0.223 e. The summed E-state index contributed by atoms with van der Waals surface area (Å²) in [6.07, 6.45) is 1.48. The van der Waals surface area contributed by atoms with Crippen molar-refractivity contribution in [3.63, 3.8) is 0 Å². The van der Waals surface area contributed by atoms with Crippen molar-refractivity contribution in [3.05, 3.63) is 71.9 Å². The van der Waals surface area contributed by atoms with Crippen LogP contribution in [0.3, 0.4) is 0 Å². The first-order valence-corrected chi connectivity index (χ1v) is 11.5. The molecule has 1 atom stereocenters. The Hall–Kier alpha value is -3.61. The molecule has 0 unspecified atom stereocenters. The molecule has 2 aromatic carbocycles. The molecule has 1 saturated heterocycles. The molecule has 7 nitrogen and oxygen atoms in total. The highest BCUT2D eigenvalue weighted by molar-refractivity contribution is 5.93. The number of anilines is 2. The van der Waals surface area contributed by atoms with Crippen molar-refractivity contribution in [1.82, 2.24) is 15.1 Å². The van der Waals surface area contributed by atoms with Crippen molar-refractivity contribution in [1.29, 1.82) is 0 Å².